The van der Waals surface area contributed by atoms with Gasteiger partial charge in [-0.1, -0.05) is 6.92 Å². The summed E-state index contributed by atoms with van der Waals surface area (Å²) >= 11 is 0. The Balaban J connectivity index is 2.41. The van der Waals surface area contributed by atoms with E-state index >= 15 is 0 Å². The monoisotopic (exact) mass is 167 g/mol. The van der Waals surface area contributed by atoms with E-state index in [1.807, 2.05) is 6.20 Å². The van der Waals surface area contributed by atoms with E-state index in [9.17, 15) is 0 Å². The standard InChI is InChI=1S/C9H17N3/c1-2-4-9-11-7-8(12-9)5-3-6-10/h7H,2-6,10H2,1H3,(H,11,12). The Morgan fingerprint density at radius 2 is 2.33 bits per heavy atom. The molecule has 0 aliphatic rings. The number of H-pyrrole nitrogens is 1. The minimum atomic E-state index is 0.752. The Hall–Kier alpha value is -0.830. The van der Waals surface area contributed by atoms with Gasteiger partial charge in [-0.2, -0.15) is 0 Å². The molecule has 0 amide bonds. The first-order valence-electron chi connectivity index (χ1n) is 4.59. The van der Waals surface area contributed by atoms with Gasteiger partial charge in [-0.25, -0.2) is 4.98 Å². The lowest BCUT2D eigenvalue weighted by Gasteiger charge is -1.93. The van der Waals surface area contributed by atoms with Crippen molar-refractivity contribution in [2.45, 2.75) is 32.6 Å². The number of nitrogens with two attached hydrogens (primary N) is 1. The summed E-state index contributed by atoms with van der Waals surface area (Å²) in [7, 11) is 0. The van der Waals surface area contributed by atoms with Gasteiger partial charge in [-0.3, -0.25) is 0 Å². The van der Waals surface area contributed by atoms with Gasteiger partial charge in [-0.15, -0.1) is 0 Å². The summed E-state index contributed by atoms with van der Waals surface area (Å²) in [5.41, 5.74) is 6.62. The molecule has 3 nitrogen and oxygen atoms in total. The summed E-state index contributed by atoms with van der Waals surface area (Å²) in [5.74, 6) is 1.10. The van der Waals surface area contributed by atoms with Crippen LogP contribution < -0.4 is 5.73 Å². The first kappa shape index (κ1) is 9.26. The average Bonchev–Trinajstić information content (AvgIpc) is 2.50. The van der Waals surface area contributed by atoms with Crippen molar-refractivity contribution in [3.63, 3.8) is 0 Å². The van der Waals surface area contributed by atoms with E-state index in [0.717, 1.165) is 38.1 Å². The van der Waals surface area contributed by atoms with Crippen molar-refractivity contribution in [1.82, 2.24) is 9.97 Å². The Labute approximate surface area is 73.4 Å². The Bertz CT molecular complexity index is 217. The lowest BCUT2D eigenvalue weighted by atomic mass is 10.2. The fraction of sp³-hybridized carbons (Fsp3) is 0.667. The van der Waals surface area contributed by atoms with Crippen molar-refractivity contribution in [2.24, 2.45) is 5.73 Å². The molecule has 0 fully saturated rings. The number of aryl methyl sites for hydroxylation is 2. The third-order valence-corrected chi connectivity index (χ3v) is 1.82. The van der Waals surface area contributed by atoms with E-state index in [1.165, 1.54) is 5.69 Å². The highest BCUT2D eigenvalue weighted by atomic mass is 14.9. The second kappa shape index (κ2) is 4.93. The third-order valence-electron chi connectivity index (χ3n) is 1.82. The van der Waals surface area contributed by atoms with E-state index in [1.54, 1.807) is 0 Å². The fourth-order valence-corrected chi connectivity index (χ4v) is 1.19. The van der Waals surface area contributed by atoms with Crippen LogP contribution in [-0.2, 0) is 12.8 Å². The minimum Gasteiger partial charge on any atom is -0.346 e. The highest BCUT2D eigenvalue weighted by Gasteiger charge is 1.98. The molecule has 0 aromatic carbocycles. The zero-order valence-corrected chi connectivity index (χ0v) is 7.64. The molecule has 1 rings (SSSR count). The largest absolute Gasteiger partial charge is 0.346 e. The molecule has 1 aromatic rings. The molecular formula is C9H17N3. The number of hydrogen-bond acceptors (Lipinski definition) is 2. The van der Waals surface area contributed by atoms with Crippen molar-refractivity contribution in [2.75, 3.05) is 6.54 Å². The SMILES string of the molecule is CCCc1ncc(CCCN)[nH]1. The minimum absolute atomic E-state index is 0.752. The summed E-state index contributed by atoms with van der Waals surface area (Å²) in [6.45, 7) is 2.91. The quantitative estimate of drug-likeness (QED) is 0.693. The fourth-order valence-electron chi connectivity index (χ4n) is 1.19. The molecule has 12 heavy (non-hydrogen) atoms. The summed E-state index contributed by atoms with van der Waals surface area (Å²) in [5, 5.41) is 0. The number of nitrogens with one attached hydrogen (secondary N) is 1. The van der Waals surface area contributed by atoms with Gasteiger partial charge < -0.3 is 10.7 Å². The van der Waals surface area contributed by atoms with Crippen molar-refractivity contribution in [1.29, 1.82) is 0 Å². The van der Waals surface area contributed by atoms with Gasteiger partial charge in [0, 0.05) is 18.3 Å². The average molecular weight is 167 g/mol. The molecule has 0 unspecified atom stereocenters. The number of rotatable bonds is 5. The van der Waals surface area contributed by atoms with Gasteiger partial charge in [0.15, 0.2) is 0 Å². The maximum absolute atomic E-state index is 5.41. The number of aromatic nitrogens is 2. The van der Waals surface area contributed by atoms with Crippen molar-refractivity contribution in [3.05, 3.63) is 17.7 Å². The molecule has 0 spiro atoms. The molecule has 0 bridgehead atoms. The second-order valence-corrected chi connectivity index (χ2v) is 3.00. The van der Waals surface area contributed by atoms with Crippen LogP contribution in [0.5, 0.6) is 0 Å². The molecule has 3 heteroatoms. The predicted octanol–water partition coefficient (Wildman–Crippen LogP) is 1.25. The highest BCUT2D eigenvalue weighted by molar-refractivity contribution is 5.01. The normalized spacial score (nSPS) is 10.5. The Kier molecular flexibility index (Phi) is 3.80. The lowest BCUT2D eigenvalue weighted by molar-refractivity contribution is 0.802. The number of hydrogen-bond donors (Lipinski definition) is 2. The van der Waals surface area contributed by atoms with Gasteiger partial charge in [0.05, 0.1) is 0 Å². The Morgan fingerprint density at radius 3 is 3.00 bits per heavy atom. The van der Waals surface area contributed by atoms with Crippen LogP contribution in [0.1, 0.15) is 31.3 Å². The summed E-state index contributed by atoms with van der Waals surface area (Å²) in [6, 6.07) is 0. The number of imidazole rings is 1. The van der Waals surface area contributed by atoms with Crippen LogP contribution in [0.3, 0.4) is 0 Å². The topological polar surface area (TPSA) is 54.7 Å². The molecule has 0 radical (unpaired) electrons. The number of nitrogens with zero attached hydrogens (tertiary/aromatic N) is 1. The third kappa shape index (κ3) is 2.66. The predicted molar refractivity (Wildman–Crippen MR) is 50.0 cm³/mol. The number of aromatic amines is 1. The van der Waals surface area contributed by atoms with Gasteiger partial charge in [0.1, 0.15) is 5.82 Å². The summed E-state index contributed by atoms with van der Waals surface area (Å²) in [6.07, 6.45) is 6.16. The van der Waals surface area contributed by atoms with E-state index < -0.39 is 0 Å². The van der Waals surface area contributed by atoms with E-state index in [2.05, 4.69) is 16.9 Å². The maximum Gasteiger partial charge on any atom is 0.106 e. The van der Waals surface area contributed by atoms with Crippen molar-refractivity contribution >= 4 is 0 Å². The molecule has 0 aliphatic carbocycles. The molecule has 1 heterocycles. The van der Waals surface area contributed by atoms with Gasteiger partial charge in [0.2, 0.25) is 0 Å². The smallest absolute Gasteiger partial charge is 0.106 e. The van der Waals surface area contributed by atoms with E-state index in [4.69, 9.17) is 5.73 Å². The zero-order valence-electron chi connectivity index (χ0n) is 7.64. The van der Waals surface area contributed by atoms with Crippen LogP contribution in [0.15, 0.2) is 6.20 Å². The summed E-state index contributed by atoms with van der Waals surface area (Å²) in [4.78, 5) is 7.54. The molecule has 3 N–H and O–H groups in total. The first-order chi connectivity index (χ1) is 5.86. The van der Waals surface area contributed by atoms with Crippen LogP contribution in [0.4, 0.5) is 0 Å². The van der Waals surface area contributed by atoms with Crippen LogP contribution in [0, 0.1) is 0 Å². The lowest BCUT2D eigenvalue weighted by Crippen LogP contribution is -2.00. The van der Waals surface area contributed by atoms with E-state index in [0.29, 0.717) is 0 Å². The highest BCUT2D eigenvalue weighted by Crippen LogP contribution is 2.01. The molecule has 1 aromatic heterocycles. The maximum atomic E-state index is 5.41. The first-order valence-corrected chi connectivity index (χ1v) is 4.59. The van der Waals surface area contributed by atoms with E-state index in [-0.39, 0.29) is 0 Å². The van der Waals surface area contributed by atoms with Crippen molar-refractivity contribution < 1.29 is 0 Å². The van der Waals surface area contributed by atoms with Crippen LogP contribution >= 0.6 is 0 Å². The van der Waals surface area contributed by atoms with Gasteiger partial charge >= 0.3 is 0 Å². The van der Waals surface area contributed by atoms with Crippen molar-refractivity contribution in [3.8, 4) is 0 Å². The molecule has 0 saturated heterocycles. The van der Waals surface area contributed by atoms with Crippen LogP contribution in [-0.4, -0.2) is 16.5 Å². The summed E-state index contributed by atoms with van der Waals surface area (Å²) < 4.78 is 0. The molecular weight excluding hydrogens is 150 g/mol. The van der Waals surface area contributed by atoms with Gasteiger partial charge in [0.25, 0.3) is 0 Å². The Morgan fingerprint density at radius 1 is 1.50 bits per heavy atom. The zero-order chi connectivity index (χ0) is 8.81. The molecule has 68 valence electrons. The molecule has 0 saturated carbocycles. The van der Waals surface area contributed by atoms with Crippen LogP contribution in [0.2, 0.25) is 0 Å². The van der Waals surface area contributed by atoms with Gasteiger partial charge in [-0.05, 0) is 25.8 Å². The molecule has 0 atom stereocenters. The second-order valence-electron chi connectivity index (χ2n) is 3.00. The molecule has 0 aliphatic heterocycles. The van der Waals surface area contributed by atoms with Crippen LogP contribution in [0.25, 0.3) is 0 Å².